The Bertz CT molecular complexity index is 1620. The molecule has 0 radical (unpaired) electrons. The van der Waals surface area contributed by atoms with Crippen molar-refractivity contribution in [3.05, 3.63) is 36.4 Å². The molecule has 6 nitrogen and oxygen atoms in total. The van der Waals surface area contributed by atoms with Crippen LogP contribution in [0.25, 0.3) is 32.3 Å². The van der Waals surface area contributed by atoms with E-state index in [-0.39, 0.29) is 0 Å². The maximum Gasteiger partial charge on any atom is 0.161 e. The molecule has 0 aliphatic rings. The molecule has 0 aromatic heterocycles. The topological polar surface area (TPSA) is 55.4 Å². The third-order valence-corrected chi connectivity index (χ3v) is 13.2. The van der Waals surface area contributed by atoms with Crippen LogP contribution in [0.1, 0.15) is 234 Å². The lowest BCUT2D eigenvalue weighted by Crippen LogP contribution is -2.05. The van der Waals surface area contributed by atoms with Crippen molar-refractivity contribution in [3.63, 3.8) is 0 Å². The molecular formula is C60H96O6. The standard InChI is InChI=1S/C60H96O6/c1-7-13-19-22-25-28-34-40-64-58-46-52-49(43-55(58)61-37-31-16-10-4)53-47-59(65-41-35-29-26-23-20-14-8-2)57(63-39-33-18-12-6)45-51(53)54-48-60(66-42-36-30-27-24-21-15-9-3)56(44-50(52)54)62-38-32-17-11-5/h43-48H,7-42H2,1-6H3. The van der Waals surface area contributed by atoms with E-state index in [2.05, 4.69) is 77.9 Å². The molecule has 0 saturated carbocycles. The van der Waals surface area contributed by atoms with E-state index in [0.29, 0.717) is 39.6 Å². The van der Waals surface area contributed by atoms with Crippen molar-refractivity contribution < 1.29 is 28.4 Å². The largest absolute Gasteiger partial charge is 0.490 e. The summed E-state index contributed by atoms with van der Waals surface area (Å²) < 4.78 is 40.2. The molecule has 66 heavy (non-hydrogen) atoms. The number of ether oxygens (including phenoxy) is 6. The zero-order chi connectivity index (χ0) is 46.9. The predicted molar refractivity (Wildman–Crippen MR) is 284 cm³/mol. The zero-order valence-corrected chi connectivity index (χ0v) is 43.4. The van der Waals surface area contributed by atoms with Gasteiger partial charge < -0.3 is 28.4 Å². The minimum atomic E-state index is 0.663. The Morgan fingerprint density at radius 1 is 0.197 bits per heavy atom. The van der Waals surface area contributed by atoms with E-state index in [4.69, 9.17) is 28.4 Å². The lowest BCUT2D eigenvalue weighted by molar-refractivity contribution is 0.259. The average molecular weight is 913 g/mol. The summed E-state index contributed by atoms with van der Waals surface area (Å²) in [5, 5.41) is 6.74. The number of rotatable bonds is 42. The van der Waals surface area contributed by atoms with Crippen molar-refractivity contribution in [2.75, 3.05) is 39.6 Å². The molecule has 0 fully saturated rings. The van der Waals surface area contributed by atoms with Gasteiger partial charge in [-0.1, -0.05) is 196 Å². The highest BCUT2D eigenvalue weighted by Crippen LogP contribution is 2.47. The Kier molecular flexibility index (Phi) is 29.0. The van der Waals surface area contributed by atoms with Crippen molar-refractivity contribution in [1.82, 2.24) is 0 Å². The second kappa shape index (κ2) is 34.7. The van der Waals surface area contributed by atoms with Gasteiger partial charge in [-0.05, 0) is 107 Å². The summed E-state index contributed by atoms with van der Waals surface area (Å²) in [5.74, 6) is 4.92. The molecule has 0 spiro atoms. The Hall–Kier alpha value is -3.54. The van der Waals surface area contributed by atoms with Crippen LogP contribution in [0.15, 0.2) is 36.4 Å². The van der Waals surface area contributed by atoms with Gasteiger partial charge in [0.2, 0.25) is 0 Å². The molecule has 6 heteroatoms. The normalized spacial score (nSPS) is 11.5. The molecule has 4 rings (SSSR count). The zero-order valence-electron chi connectivity index (χ0n) is 43.4. The summed E-state index contributed by atoms with van der Waals surface area (Å²) in [7, 11) is 0. The first kappa shape index (κ1) is 55.1. The van der Waals surface area contributed by atoms with Crippen molar-refractivity contribution >= 4 is 32.3 Å². The Balaban J connectivity index is 1.86. The van der Waals surface area contributed by atoms with Crippen LogP contribution in [0, 0.1) is 0 Å². The number of benzene rings is 4. The fraction of sp³-hybridized carbons (Fsp3) is 0.700. The third-order valence-electron chi connectivity index (χ3n) is 13.2. The SMILES string of the molecule is CCCCCCCCCOc1cc2c(cc1OCCCCC)c1cc(OCCCCCCCCC)c(OCCCCC)cc1c1cc(OCCCCCCCCC)c(OCCCCC)cc21. The summed E-state index contributed by atoms with van der Waals surface area (Å²) in [6, 6.07) is 13.5. The van der Waals surface area contributed by atoms with Crippen LogP contribution in [-0.4, -0.2) is 39.6 Å². The molecule has 4 aromatic carbocycles. The third kappa shape index (κ3) is 19.6. The van der Waals surface area contributed by atoms with Crippen molar-refractivity contribution in [3.8, 4) is 34.5 Å². The number of hydrogen-bond acceptors (Lipinski definition) is 6. The summed E-state index contributed by atoms with van der Waals surface area (Å²) >= 11 is 0. The first-order chi connectivity index (χ1) is 32.6. The maximum atomic E-state index is 6.73. The van der Waals surface area contributed by atoms with Gasteiger partial charge in [-0.3, -0.25) is 0 Å². The second-order valence-corrected chi connectivity index (χ2v) is 19.1. The lowest BCUT2D eigenvalue weighted by Gasteiger charge is -2.21. The highest BCUT2D eigenvalue weighted by Gasteiger charge is 2.21. The summed E-state index contributed by atoms with van der Waals surface area (Å²) in [6.45, 7) is 17.6. The quantitative estimate of drug-likeness (QED) is 0.0326. The predicted octanol–water partition coefficient (Wildman–Crippen LogP) is 19.2. The molecule has 0 saturated heterocycles. The van der Waals surface area contributed by atoms with Crippen LogP contribution in [0.5, 0.6) is 34.5 Å². The smallest absolute Gasteiger partial charge is 0.161 e. The van der Waals surface area contributed by atoms with E-state index in [1.165, 1.54) is 116 Å². The molecule has 0 heterocycles. The molecule has 4 aromatic rings. The highest BCUT2D eigenvalue weighted by atomic mass is 16.5. The van der Waals surface area contributed by atoms with Crippen LogP contribution < -0.4 is 28.4 Å². The number of fused-ring (bicyclic) bond motifs is 6. The van der Waals surface area contributed by atoms with Gasteiger partial charge in [-0.25, -0.2) is 0 Å². The van der Waals surface area contributed by atoms with E-state index in [1.807, 2.05) is 0 Å². The van der Waals surface area contributed by atoms with Gasteiger partial charge in [0.05, 0.1) is 39.6 Å². The Morgan fingerprint density at radius 2 is 0.333 bits per heavy atom. The number of unbranched alkanes of at least 4 members (excludes halogenated alkanes) is 24. The van der Waals surface area contributed by atoms with Gasteiger partial charge >= 0.3 is 0 Å². The van der Waals surface area contributed by atoms with Crippen molar-refractivity contribution in [2.45, 2.75) is 234 Å². The Labute approximate surface area is 403 Å². The molecule has 0 atom stereocenters. The van der Waals surface area contributed by atoms with E-state index in [9.17, 15) is 0 Å². The van der Waals surface area contributed by atoms with Crippen LogP contribution >= 0.6 is 0 Å². The van der Waals surface area contributed by atoms with E-state index < -0.39 is 0 Å². The summed E-state index contributed by atoms with van der Waals surface area (Å²) in [6.07, 6.45) is 36.0. The Morgan fingerprint density at radius 3 is 0.515 bits per heavy atom. The summed E-state index contributed by atoms with van der Waals surface area (Å²) in [5.41, 5.74) is 0. The van der Waals surface area contributed by atoms with Gasteiger partial charge in [0.15, 0.2) is 34.5 Å². The van der Waals surface area contributed by atoms with E-state index >= 15 is 0 Å². The maximum absolute atomic E-state index is 6.73. The monoisotopic (exact) mass is 913 g/mol. The van der Waals surface area contributed by atoms with Crippen molar-refractivity contribution in [1.29, 1.82) is 0 Å². The molecule has 0 bridgehead atoms. The van der Waals surface area contributed by atoms with Crippen LogP contribution in [0.3, 0.4) is 0 Å². The van der Waals surface area contributed by atoms with Gasteiger partial charge in [-0.15, -0.1) is 0 Å². The van der Waals surface area contributed by atoms with E-state index in [0.717, 1.165) is 144 Å². The molecular weight excluding hydrogens is 817 g/mol. The molecule has 0 N–H and O–H groups in total. The minimum Gasteiger partial charge on any atom is -0.490 e. The average Bonchev–Trinajstić information content (AvgIpc) is 3.33. The van der Waals surface area contributed by atoms with Crippen LogP contribution in [-0.2, 0) is 0 Å². The summed E-state index contributed by atoms with van der Waals surface area (Å²) in [4.78, 5) is 0. The fourth-order valence-corrected chi connectivity index (χ4v) is 9.02. The first-order valence-corrected chi connectivity index (χ1v) is 27.9. The second-order valence-electron chi connectivity index (χ2n) is 19.1. The van der Waals surface area contributed by atoms with Crippen LogP contribution in [0.2, 0.25) is 0 Å². The fourth-order valence-electron chi connectivity index (χ4n) is 9.02. The molecule has 0 unspecified atom stereocenters. The first-order valence-electron chi connectivity index (χ1n) is 27.9. The van der Waals surface area contributed by atoms with Gasteiger partial charge in [0.1, 0.15) is 0 Å². The molecule has 0 amide bonds. The number of hydrogen-bond donors (Lipinski definition) is 0. The van der Waals surface area contributed by atoms with Gasteiger partial charge in [0, 0.05) is 0 Å². The van der Waals surface area contributed by atoms with Gasteiger partial charge in [0.25, 0.3) is 0 Å². The molecule has 0 aliphatic heterocycles. The van der Waals surface area contributed by atoms with Crippen molar-refractivity contribution in [2.24, 2.45) is 0 Å². The van der Waals surface area contributed by atoms with E-state index in [1.54, 1.807) is 0 Å². The highest BCUT2D eigenvalue weighted by molar-refractivity contribution is 6.26. The minimum absolute atomic E-state index is 0.663. The van der Waals surface area contributed by atoms with Gasteiger partial charge in [-0.2, -0.15) is 0 Å². The van der Waals surface area contributed by atoms with Crippen LogP contribution in [0.4, 0.5) is 0 Å². The molecule has 0 aliphatic carbocycles. The molecule has 372 valence electrons. The lowest BCUT2D eigenvalue weighted by atomic mass is 9.93.